The molecule has 0 radical (unpaired) electrons. The number of Topliss-reactive ketones (excluding diaryl/α,β-unsaturated/α-hetero) is 1. The van der Waals surface area contributed by atoms with Gasteiger partial charge in [0, 0.05) is 11.1 Å². The van der Waals surface area contributed by atoms with Gasteiger partial charge in [-0.25, -0.2) is 4.98 Å². The Labute approximate surface area is 129 Å². The van der Waals surface area contributed by atoms with E-state index in [9.17, 15) is 4.79 Å². The van der Waals surface area contributed by atoms with Gasteiger partial charge >= 0.3 is 0 Å². The van der Waals surface area contributed by atoms with Crippen LogP contribution in [-0.2, 0) is 0 Å². The van der Waals surface area contributed by atoms with Gasteiger partial charge in [-0.1, -0.05) is 18.2 Å². The smallest absolute Gasteiger partial charge is 0.204 e. The second kappa shape index (κ2) is 6.51. The lowest BCUT2D eigenvalue weighted by molar-refractivity contribution is 0.0965. The van der Waals surface area contributed by atoms with E-state index in [1.807, 2.05) is 47.2 Å². The molecule has 0 saturated carbocycles. The fraction of sp³-hybridized carbons (Fsp3) is 0.0667. The second-order valence-electron chi connectivity index (χ2n) is 4.16. The summed E-state index contributed by atoms with van der Waals surface area (Å²) >= 11 is 2.92. The standard InChI is InChI=1S/C15H11N3OS2/c19-15(12-6-4-10-21-12)14(11-5-3-9-20-11)18-17-13-7-1-2-8-16-13/h1-10,14H. The van der Waals surface area contributed by atoms with Crippen LogP contribution in [0.15, 0.2) is 69.7 Å². The number of nitrogens with zero attached hydrogens (tertiary/aromatic N) is 3. The Balaban J connectivity index is 1.90. The molecular formula is C15H11N3OS2. The monoisotopic (exact) mass is 313 g/mol. The number of pyridine rings is 1. The lowest BCUT2D eigenvalue weighted by Gasteiger charge is -2.06. The fourth-order valence-corrected chi connectivity index (χ4v) is 3.21. The molecule has 0 aromatic carbocycles. The molecule has 0 aliphatic rings. The molecule has 0 bridgehead atoms. The maximum atomic E-state index is 12.6. The Hall–Kier alpha value is -2.18. The highest BCUT2D eigenvalue weighted by Crippen LogP contribution is 2.29. The molecule has 0 fully saturated rings. The van der Waals surface area contributed by atoms with Crippen LogP contribution in [0.1, 0.15) is 20.6 Å². The van der Waals surface area contributed by atoms with Crippen molar-refractivity contribution in [2.75, 3.05) is 0 Å². The van der Waals surface area contributed by atoms with Gasteiger partial charge in [-0.05, 0) is 35.0 Å². The van der Waals surface area contributed by atoms with E-state index in [1.54, 1.807) is 12.3 Å². The normalized spacial score (nSPS) is 12.6. The van der Waals surface area contributed by atoms with Gasteiger partial charge < -0.3 is 0 Å². The van der Waals surface area contributed by atoms with Crippen molar-refractivity contribution >= 4 is 34.3 Å². The van der Waals surface area contributed by atoms with Crippen molar-refractivity contribution in [3.63, 3.8) is 0 Å². The van der Waals surface area contributed by atoms with Gasteiger partial charge in [0.2, 0.25) is 5.78 Å². The lowest BCUT2D eigenvalue weighted by atomic mass is 10.1. The summed E-state index contributed by atoms with van der Waals surface area (Å²) in [7, 11) is 0. The Morgan fingerprint density at radius 1 is 1.05 bits per heavy atom. The van der Waals surface area contributed by atoms with E-state index in [0.717, 1.165) is 4.88 Å². The highest BCUT2D eigenvalue weighted by atomic mass is 32.1. The Bertz CT molecular complexity index is 722. The molecule has 1 atom stereocenters. The number of carbonyl (C=O) groups excluding carboxylic acids is 1. The summed E-state index contributed by atoms with van der Waals surface area (Å²) in [5, 5.41) is 12.1. The van der Waals surface area contributed by atoms with E-state index in [-0.39, 0.29) is 5.78 Å². The molecule has 0 saturated heterocycles. The van der Waals surface area contributed by atoms with E-state index in [4.69, 9.17) is 0 Å². The SMILES string of the molecule is O=C(c1cccs1)C(N=Nc1ccccn1)c1cccs1. The molecule has 0 aliphatic carbocycles. The zero-order valence-corrected chi connectivity index (χ0v) is 12.6. The van der Waals surface area contributed by atoms with Crippen LogP contribution in [-0.4, -0.2) is 10.8 Å². The average molecular weight is 313 g/mol. The molecule has 3 rings (SSSR count). The summed E-state index contributed by atoms with van der Waals surface area (Å²) in [6.45, 7) is 0. The quantitative estimate of drug-likeness (QED) is 0.496. The summed E-state index contributed by atoms with van der Waals surface area (Å²) in [5.41, 5.74) is 0. The fourth-order valence-electron chi connectivity index (χ4n) is 1.77. The second-order valence-corrected chi connectivity index (χ2v) is 6.09. The number of carbonyl (C=O) groups is 1. The summed E-state index contributed by atoms with van der Waals surface area (Å²) < 4.78 is 0. The largest absolute Gasteiger partial charge is 0.290 e. The van der Waals surface area contributed by atoms with Gasteiger partial charge in [0.1, 0.15) is 0 Å². The summed E-state index contributed by atoms with van der Waals surface area (Å²) in [6.07, 6.45) is 1.65. The van der Waals surface area contributed by atoms with Gasteiger partial charge in [0.15, 0.2) is 11.9 Å². The lowest BCUT2D eigenvalue weighted by Crippen LogP contribution is -2.07. The van der Waals surface area contributed by atoms with Crippen molar-refractivity contribution in [3.05, 3.63) is 69.2 Å². The summed E-state index contributed by atoms with van der Waals surface area (Å²) in [6, 6.07) is 12.3. The van der Waals surface area contributed by atoms with Crippen LogP contribution in [0.4, 0.5) is 5.82 Å². The predicted molar refractivity (Wildman–Crippen MR) is 84.5 cm³/mol. The first-order valence-electron chi connectivity index (χ1n) is 6.27. The number of rotatable bonds is 5. The molecule has 0 N–H and O–H groups in total. The molecule has 3 heterocycles. The van der Waals surface area contributed by atoms with Gasteiger partial charge in [0.05, 0.1) is 4.88 Å². The van der Waals surface area contributed by atoms with Gasteiger partial charge in [-0.15, -0.1) is 27.8 Å². The molecule has 104 valence electrons. The third-order valence-corrected chi connectivity index (χ3v) is 4.56. The third kappa shape index (κ3) is 3.29. The van der Waals surface area contributed by atoms with Crippen LogP contribution >= 0.6 is 22.7 Å². The number of hydrogen-bond donors (Lipinski definition) is 0. The summed E-state index contributed by atoms with van der Waals surface area (Å²) in [5.74, 6) is 0.463. The molecule has 6 heteroatoms. The summed E-state index contributed by atoms with van der Waals surface area (Å²) in [4.78, 5) is 18.2. The molecule has 0 aliphatic heterocycles. The zero-order chi connectivity index (χ0) is 14.5. The maximum Gasteiger partial charge on any atom is 0.204 e. The number of thiophene rings is 2. The van der Waals surface area contributed by atoms with Crippen LogP contribution in [0.5, 0.6) is 0 Å². The minimum Gasteiger partial charge on any atom is -0.290 e. The molecule has 0 amide bonds. The minimum atomic E-state index is -0.606. The van der Waals surface area contributed by atoms with Crippen LogP contribution in [0.2, 0.25) is 0 Å². The third-order valence-electron chi connectivity index (χ3n) is 2.75. The van der Waals surface area contributed by atoms with Crippen LogP contribution in [0.25, 0.3) is 0 Å². The van der Waals surface area contributed by atoms with E-state index in [1.165, 1.54) is 22.7 Å². The van der Waals surface area contributed by atoms with E-state index in [0.29, 0.717) is 10.7 Å². The van der Waals surface area contributed by atoms with Crippen molar-refractivity contribution in [2.45, 2.75) is 6.04 Å². The van der Waals surface area contributed by atoms with Crippen molar-refractivity contribution in [2.24, 2.45) is 10.2 Å². The Morgan fingerprint density at radius 3 is 2.57 bits per heavy atom. The Morgan fingerprint density at radius 2 is 1.90 bits per heavy atom. The molecule has 3 aromatic rings. The number of azo groups is 1. The van der Waals surface area contributed by atoms with Crippen molar-refractivity contribution < 1.29 is 4.79 Å². The molecule has 0 spiro atoms. The highest BCUT2D eigenvalue weighted by Gasteiger charge is 2.23. The highest BCUT2D eigenvalue weighted by molar-refractivity contribution is 7.12. The van der Waals surface area contributed by atoms with Crippen LogP contribution < -0.4 is 0 Å². The van der Waals surface area contributed by atoms with Crippen LogP contribution in [0, 0.1) is 0 Å². The molecule has 1 unspecified atom stereocenters. The molecule has 4 nitrogen and oxygen atoms in total. The zero-order valence-electron chi connectivity index (χ0n) is 10.9. The van der Waals surface area contributed by atoms with Gasteiger partial charge in [0.25, 0.3) is 0 Å². The molecule has 21 heavy (non-hydrogen) atoms. The van der Waals surface area contributed by atoms with Crippen molar-refractivity contribution in [1.82, 2.24) is 4.98 Å². The topological polar surface area (TPSA) is 54.7 Å². The van der Waals surface area contributed by atoms with Gasteiger partial charge in [-0.3, -0.25) is 4.79 Å². The molecular weight excluding hydrogens is 302 g/mol. The first-order valence-corrected chi connectivity index (χ1v) is 8.03. The van der Waals surface area contributed by atoms with Crippen LogP contribution in [0.3, 0.4) is 0 Å². The van der Waals surface area contributed by atoms with Crippen molar-refractivity contribution in [1.29, 1.82) is 0 Å². The predicted octanol–water partition coefficient (Wildman–Crippen LogP) is 4.91. The van der Waals surface area contributed by atoms with E-state index >= 15 is 0 Å². The number of aromatic nitrogens is 1. The number of hydrogen-bond acceptors (Lipinski definition) is 6. The maximum absolute atomic E-state index is 12.6. The Kier molecular flexibility index (Phi) is 4.28. The van der Waals surface area contributed by atoms with E-state index < -0.39 is 6.04 Å². The average Bonchev–Trinajstić information content (AvgIpc) is 3.22. The number of ketones is 1. The minimum absolute atomic E-state index is 0.0351. The first-order chi connectivity index (χ1) is 10.3. The first kappa shape index (κ1) is 13.8. The van der Waals surface area contributed by atoms with Gasteiger partial charge in [-0.2, -0.15) is 5.11 Å². The van der Waals surface area contributed by atoms with Crippen molar-refractivity contribution in [3.8, 4) is 0 Å². The molecule has 3 aromatic heterocycles. The van der Waals surface area contributed by atoms with E-state index in [2.05, 4.69) is 15.2 Å².